The van der Waals surface area contributed by atoms with Crippen molar-refractivity contribution in [1.82, 2.24) is 5.32 Å². The molecule has 0 amide bonds. The van der Waals surface area contributed by atoms with Crippen LogP contribution < -0.4 is 15.8 Å². The van der Waals surface area contributed by atoms with Gasteiger partial charge in [-0.3, -0.25) is 0 Å². The van der Waals surface area contributed by atoms with Crippen LogP contribution in [0.3, 0.4) is 0 Å². The number of nitrogens with two attached hydrogens (primary N) is 1. The SMILES string of the molecule is CC(CCOc1ccccc1)Sc1ccc(CNCCCN)cc1. The van der Waals surface area contributed by atoms with E-state index in [0.29, 0.717) is 5.25 Å². The number of nitrogens with one attached hydrogen (secondary N) is 1. The van der Waals surface area contributed by atoms with E-state index < -0.39 is 0 Å². The van der Waals surface area contributed by atoms with Crippen molar-refractivity contribution in [1.29, 1.82) is 0 Å². The fourth-order valence-electron chi connectivity index (χ4n) is 2.30. The zero-order valence-electron chi connectivity index (χ0n) is 14.4. The summed E-state index contributed by atoms with van der Waals surface area (Å²) in [6.45, 7) is 5.63. The lowest BCUT2D eigenvalue weighted by molar-refractivity contribution is 0.311. The van der Waals surface area contributed by atoms with Gasteiger partial charge in [-0.15, -0.1) is 11.8 Å². The Bertz CT molecular complexity index is 560. The molecule has 0 aliphatic rings. The molecule has 2 rings (SSSR count). The highest BCUT2D eigenvalue weighted by atomic mass is 32.2. The molecule has 0 saturated heterocycles. The Hall–Kier alpha value is -1.49. The third-order valence-electron chi connectivity index (χ3n) is 3.68. The van der Waals surface area contributed by atoms with E-state index in [-0.39, 0.29) is 0 Å². The summed E-state index contributed by atoms with van der Waals surface area (Å²) in [5.41, 5.74) is 6.81. The van der Waals surface area contributed by atoms with Crippen LogP contribution in [-0.4, -0.2) is 24.9 Å². The van der Waals surface area contributed by atoms with Crippen LogP contribution in [-0.2, 0) is 6.54 Å². The van der Waals surface area contributed by atoms with Gasteiger partial charge in [0.15, 0.2) is 0 Å². The Morgan fingerprint density at radius 2 is 1.83 bits per heavy atom. The fraction of sp³-hybridized carbons (Fsp3) is 0.400. The third-order valence-corrected chi connectivity index (χ3v) is 4.87. The molecule has 0 fully saturated rings. The first-order valence-corrected chi connectivity index (χ1v) is 9.50. The van der Waals surface area contributed by atoms with E-state index in [9.17, 15) is 0 Å². The van der Waals surface area contributed by atoms with Crippen molar-refractivity contribution in [3.05, 3.63) is 60.2 Å². The zero-order chi connectivity index (χ0) is 17.0. The minimum absolute atomic E-state index is 0.530. The summed E-state index contributed by atoms with van der Waals surface area (Å²) < 4.78 is 5.77. The van der Waals surface area contributed by atoms with E-state index in [1.54, 1.807) is 0 Å². The lowest BCUT2D eigenvalue weighted by Gasteiger charge is -2.13. The highest BCUT2D eigenvalue weighted by Crippen LogP contribution is 2.25. The molecular formula is C20H28N2OS. The van der Waals surface area contributed by atoms with Crippen LogP contribution in [0.15, 0.2) is 59.5 Å². The van der Waals surface area contributed by atoms with Gasteiger partial charge in [-0.25, -0.2) is 0 Å². The Labute approximate surface area is 150 Å². The number of para-hydroxylation sites is 1. The number of rotatable bonds is 11. The molecule has 0 aliphatic carbocycles. The van der Waals surface area contributed by atoms with Gasteiger partial charge in [0.05, 0.1) is 6.61 Å². The van der Waals surface area contributed by atoms with Crippen molar-refractivity contribution >= 4 is 11.8 Å². The second-order valence-corrected chi connectivity index (χ2v) is 7.35. The first-order chi connectivity index (χ1) is 11.8. The van der Waals surface area contributed by atoms with Gasteiger partial charge in [0, 0.05) is 16.7 Å². The van der Waals surface area contributed by atoms with E-state index in [4.69, 9.17) is 10.5 Å². The molecule has 0 radical (unpaired) electrons. The quantitative estimate of drug-likeness (QED) is 0.476. The van der Waals surface area contributed by atoms with E-state index in [1.165, 1.54) is 10.5 Å². The van der Waals surface area contributed by atoms with Crippen LogP contribution in [0.1, 0.15) is 25.3 Å². The Morgan fingerprint density at radius 1 is 1.08 bits per heavy atom. The molecule has 3 N–H and O–H groups in total. The Kier molecular flexibility index (Phi) is 8.74. The number of benzene rings is 2. The van der Waals surface area contributed by atoms with Crippen LogP contribution >= 0.6 is 11.8 Å². The van der Waals surface area contributed by atoms with Gasteiger partial charge in [-0.2, -0.15) is 0 Å². The molecular weight excluding hydrogens is 316 g/mol. The molecule has 2 aromatic rings. The van der Waals surface area contributed by atoms with Gasteiger partial charge >= 0.3 is 0 Å². The highest BCUT2D eigenvalue weighted by molar-refractivity contribution is 7.99. The van der Waals surface area contributed by atoms with Crippen molar-refractivity contribution in [2.24, 2.45) is 5.73 Å². The van der Waals surface area contributed by atoms with Gasteiger partial charge in [-0.05, 0) is 55.8 Å². The number of ether oxygens (including phenoxy) is 1. The van der Waals surface area contributed by atoms with Crippen molar-refractivity contribution in [2.75, 3.05) is 19.7 Å². The van der Waals surface area contributed by atoms with E-state index >= 15 is 0 Å². The fourth-order valence-corrected chi connectivity index (χ4v) is 3.27. The molecule has 0 spiro atoms. The zero-order valence-corrected chi connectivity index (χ0v) is 15.2. The molecule has 0 aromatic heterocycles. The standard InChI is InChI=1S/C20H28N2OS/c1-17(12-15-23-19-6-3-2-4-7-19)24-20-10-8-18(9-11-20)16-22-14-5-13-21/h2-4,6-11,17,22H,5,12-16,21H2,1H3. The predicted molar refractivity (Wildman–Crippen MR) is 104 cm³/mol. The maximum atomic E-state index is 5.77. The van der Waals surface area contributed by atoms with Crippen molar-refractivity contribution in [3.63, 3.8) is 0 Å². The third kappa shape index (κ3) is 7.39. The Balaban J connectivity index is 1.66. The van der Waals surface area contributed by atoms with Crippen LogP contribution in [0.2, 0.25) is 0 Å². The molecule has 4 heteroatoms. The normalized spacial score (nSPS) is 12.1. The summed E-state index contributed by atoms with van der Waals surface area (Å²) in [4.78, 5) is 1.31. The minimum Gasteiger partial charge on any atom is -0.494 e. The van der Waals surface area contributed by atoms with Crippen LogP contribution in [0.25, 0.3) is 0 Å². The Morgan fingerprint density at radius 3 is 2.54 bits per heavy atom. The smallest absolute Gasteiger partial charge is 0.119 e. The molecule has 0 bridgehead atoms. The summed E-state index contributed by atoms with van der Waals surface area (Å²) in [5, 5.41) is 3.93. The van der Waals surface area contributed by atoms with E-state index in [2.05, 4.69) is 36.5 Å². The van der Waals surface area contributed by atoms with Gasteiger partial charge in [0.1, 0.15) is 5.75 Å². The number of hydrogen-bond acceptors (Lipinski definition) is 4. The summed E-state index contributed by atoms with van der Waals surface area (Å²) in [6, 6.07) is 18.8. The molecule has 1 unspecified atom stereocenters. The summed E-state index contributed by atoms with van der Waals surface area (Å²) >= 11 is 1.90. The van der Waals surface area contributed by atoms with Gasteiger partial charge in [0.2, 0.25) is 0 Å². The monoisotopic (exact) mass is 344 g/mol. The lowest BCUT2D eigenvalue weighted by atomic mass is 10.2. The summed E-state index contributed by atoms with van der Waals surface area (Å²) in [5.74, 6) is 0.946. The topological polar surface area (TPSA) is 47.3 Å². The van der Waals surface area contributed by atoms with Crippen LogP contribution in [0.5, 0.6) is 5.75 Å². The molecule has 1 atom stereocenters. The van der Waals surface area contributed by atoms with Crippen molar-refractivity contribution in [2.45, 2.75) is 36.5 Å². The second kappa shape index (κ2) is 11.1. The molecule has 2 aromatic carbocycles. The summed E-state index contributed by atoms with van der Waals surface area (Å²) in [7, 11) is 0. The second-order valence-electron chi connectivity index (χ2n) is 5.84. The molecule has 0 heterocycles. The van der Waals surface area contributed by atoms with E-state index in [0.717, 1.165) is 44.8 Å². The van der Waals surface area contributed by atoms with Gasteiger partial charge in [-0.1, -0.05) is 37.3 Å². The number of hydrogen-bond donors (Lipinski definition) is 2. The first-order valence-electron chi connectivity index (χ1n) is 8.62. The lowest BCUT2D eigenvalue weighted by Crippen LogP contribution is -2.17. The van der Waals surface area contributed by atoms with Crippen molar-refractivity contribution in [3.8, 4) is 5.75 Å². The molecule has 130 valence electrons. The predicted octanol–water partition coefficient (Wildman–Crippen LogP) is 4.07. The number of thioether (sulfide) groups is 1. The van der Waals surface area contributed by atoms with Crippen LogP contribution in [0.4, 0.5) is 0 Å². The average molecular weight is 345 g/mol. The van der Waals surface area contributed by atoms with Gasteiger partial charge < -0.3 is 15.8 Å². The average Bonchev–Trinajstić information content (AvgIpc) is 2.61. The van der Waals surface area contributed by atoms with Crippen molar-refractivity contribution < 1.29 is 4.74 Å². The minimum atomic E-state index is 0.530. The molecule has 0 aliphatic heterocycles. The van der Waals surface area contributed by atoms with E-state index in [1.807, 2.05) is 42.1 Å². The molecule has 0 saturated carbocycles. The molecule has 24 heavy (non-hydrogen) atoms. The molecule has 3 nitrogen and oxygen atoms in total. The maximum Gasteiger partial charge on any atom is 0.119 e. The highest BCUT2D eigenvalue weighted by Gasteiger charge is 2.05. The summed E-state index contributed by atoms with van der Waals surface area (Å²) in [6.07, 6.45) is 2.05. The van der Waals surface area contributed by atoms with Gasteiger partial charge in [0.25, 0.3) is 0 Å². The maximum absolute atomic E-state index is 5.77. The largest absolute Gasteiger partial charge is 0.494 e. The van der Waals surface area contributed by atoms with Crippen LogP contribution in [0, 0.1) is 0 Å². The first kappa shape index (κ1) is 18.8.